The van der Waals surface area contributed by atoms with Gasteiger partial charge in [-0.05, 0) is 43.5 Å². The lowest BCUT2D eigenvalue weighted by Crippen LogP contribution is -2.25. The fourth-order valence-electron chi connectivity index (χ4n) is 3.45. The highest BCUT2D eigenvalue weighted by molar-refractivity contribution is 5.87. The topological polar surface area (TPSA) is 53.2 Å². The third-order valence-electron chi connectivity index (χ3n) is 4.79. The number of aromatic hydroxyl groups is 1. The van der Waals surface area contributed by atoms with E-state index in [0.717, 1.165) is 52.3 Å². The molecule has 0 amide bonds. The van der Waals surface area contributed by atoms with E-state index in [2.05, 4.69) is 18.0 Å². The number of methoxy groups -OCH3 is 2. The Labute approximate surface area is 158 Å². The van der Waals surface area contributed by atoms with E-state index < -0.39 is 0 Å². The summed E-state index contributed by atoms with van der Waals surface area (Å²) in [4.78, 5) is 2.22. The smallest absolute Gasteiger partial charge is 0.364 e. The van der Waals surface area contributed by atoms with Gasteiger partial charge < -0.3 is 14.6 Å². The van der Waals surface area contributed by atoms with Crippen LogP contribution < -0.4 is 9.47 Å². The van der Waals surface area contributed by atoms with Gasteiger partial charge in [0, 0.05) is 24.7 Å². The number of likely N-dealkylation sites (N-methyl/N-ethyl adjacent to an activating group) is 1. The van der Waals surface area contributed by atoms with E-state index in [1.165, 1.54) is 0 Å². The van der Waals surface area contributed by atoms with Crippen LogP contribution in [0.2, 0.25) is 0 Å². The first kappa shape index (κ1) is 17.4. The van der Waals surface area contributed by atoms with Crippen LogP contribution in [0.1, 0.15) is 16.9 Å². The molecular weight excluding hydrogens is 342 g/mol. The molecule has 2 aromatic carbocycles. The van der Waals surface area contributed by atoms with Crippen molar-refractivity contribution in [1.29, 1.82) is 0 Å². The Balaban J connectivity index is 1.84. The molecule has 138 valence electrons. The summed E-state index contributed by atoms with van der Waals surface area (Å²) in [5.74, 6) is 2.42. The summed E-state index contributed by atoms with van der Waals surface area (Å²) in [7, 11) is 5.30. The third-order valence-corrected chi connectivity index (χ3v) is 4.79. The van der Waals surface area contributed by atoms with Crippen LogP contribution >= 0.6 is 0 Å². The van der Waals surface area contributed by atoms with Crippen LogP contribution in [-0.2, 0) is 6.54 Å². The Kier molecular flexibility index (Phi) is 4.46. The normalized spacial score (nSPS) is 15.7. The number of phenols is 1. The third kappa shape index (κ3) is 3.34. The van der Waals surface area contributed by atoms with Crippen LogP contribution in [0.15, 0.2) is 46.9 Å². The minimum absolute atomic E-state index is 0.180. The average molecular weight is 364 g/mol. The summed E-state index contributed by atoms with van der Waals surface area (Å²) in [6.45, 7) is 1.55. The molecule has 5 heteroatoms. The number of ether oxygens (including phenoxy) is 2. The predicted octanol–water partition coefficient (Wildman–Crippen LogP) is 4.42. The zero-order valence-corrected chi connectivity index (χ0v) is 15.7. The lowest BCUT2D eigenvalue weighted by atomic mass is 9.98. The highest BCUT2D eigenvalue weighted by atomic mass is 16.5. The van der Waals surface area contributed by atoms with Gasteiger partial charge >= 0.3 is 11.3 Å². The number of phenolic OH excluding ortho intramolecular Hbond substituents is 1. The first-order valence-corrected chi connectivity index (χ1v) is 8.77. The minimum atomic E-state index is 0.180. The maximum absolute atomic E-state index is 10.3. The van der Waals surface area contributed by atoms with E-state index in [1.807, 2.05) is 36.4 Å². The van der Waals surface area contributed by atoms with Gasteiger partial charge in [-0.1, -0.05) is 0 Å². The predicted molar refractivity (Wildman–Crippen MR) is 106 cm³/mol. The molecule has 4 rings (SSSR count). The molecule has 0 radical (unpaired) electrons. The summed E-state index contributed by atoms with van der Waals surface area (Å²) in [6, 6.07) is 13.3. The number of benzene rings is 2. The van der Waals surface area contributed by atoms with Gasteiger partial charge in [-0.3, -0.25) is 4.90 Å². The average Bonchev–Trinajstić information content (AvgIpc) is 2.67. The van der Waals surface area contributed by atoms with E-state index in [0.29, 0.717) is 5.75 Å². The number of hydrogen-bond acceptors (Lipinski definition) is 4. The Morgan fingerprint density at radius 1 is 1.00 bits per heavy atom. The molecule has 0 saturated carbocycles. The molecule has 5 nitrogen and oxygen atoms in total. The summed E-state index contributed by atoms with van der Waals surface area (Å²) < 4.78 is 16.7. The van der Waals surface area contributed by atoms with Gasteiger partial charge in [0.25, 0.3) is 0 Å². The lowest BCUT2D eigenvalue weighted by molar-refractivity contribution is 0.346. The van der Waals surface area contributed by atoms with Gasteiger partial charge in [-0.15, -0.1) is 0 Å². The van der Waals surface area contributed by atoms with E-state index in [-0.39, 0.29) is 5.75 Å². The zero-order chi connectivity index (χ0) is 19.0. The van der Waals surface area contributed by atoms with Gasteiger partial charge in [0.2, 0.25) is 0 Å². The molecule has 0 aliphatic carbocycles. The first-order valence-electron chi connectivity index (χ1n) is 8.77. The molecule has 0 fully saturated rings. The standard InChI is InChI=1S/C22H21NO4/c1-23-12-16(8-14-4-6-18(25-2)10-20(14)24)22-17(13-23)9-15-5-7-19(26-3)11-21(15)27-22/h4-11H,12-13H2,1-3H3/p+1/b16-8-. The molecule has 27 heavy (non-hydrogen) atoms. The molecular formula is C22H22NO4+. The first-order chi connectivity index (χ1) is 13.1. The quantitative estimate of drug-likeness (QED) is 0.697. The Bertz CT molecular complexity index is 1040. The van der Waals surface area contributed by atoms with Gasteiger partial charge in [0.1, 0.15) is 17.2 Å². The Morgan fingerprint density at radius 2 is 1.74 bits per heavy atom. The maximum atomic E-state index is 10.3. The molecule has 1 aromatic heterocycles. The van der Waals surface area contributed by atoms with Crippen molar-refractivity contribution in [2.75, 3.05) is 27.8 Å². The van der Waals surface area contributed by atoms with Crippen molar-refractivity contribution in [3.05, 3.63) is 59.4 Å². The van der Waals surface area contributed by atoms with Crippen LogP contribution in [0.4, 0.5) is 0 Å². The van der Waals surface area contributed by atoms with Gasteiger partial charge in [0.15, 0.2) is 0 Å². The van der Waals surface area contributed by atoms with Crippen molar-refractivity contribution in [2.24, 2.45) is 0 Å². The summed E-state index contributed by atoms with van der Waals surface area (Å²) in [5, 5.41) is 11.4. The van der Waals surface area contributed by atoms with Crippen LogP contribution in [-0.4, -0.2) is 37.8 Å². The van der Waals surface area contributed by atoms with E-state index in [4.69, 9.17) is 13.9 Å². The van der Waals surface area contributed by atoms with Crippen LogP contribution in [0, 0.1) is 0 Å². The Hall–Kier alpha value is -3.05. The summed E-state index contributed by atoms with van der Waals surface area (Å²) in [6.07, 6.45) is 1.97. The molecule has 1 aliphatic rings. The SMILES string of the molecule is COc1ccc(/C=C2/CN(C)Cc3cc4ccc(OC)cc4[o+]c32)c(O)c1. The van der Waals surface area contributed by atoms with Crippen molar-refractivity contribution in [3.8, 4) is 17.2 Å². The van der Waals surface area contributed by atoms with Crippen molar-refractivity contribution < 1.29 is 19.0 Å². The monoisotopic (exact) mass is 364 g/mol. The summed E-state index contributed by atoms with van der Waals surface area (Å²) in [5.41, 5.74) is 3.65. The molecule has 1 aliphatic heterocycles. The van der Waals surface area contributed by atoms with Crippen molar-refractivity contribution in [2.45, 2.75) is 6.54 Å². The molecule has 0 spiro atoms. The van der Waals surface area contributed by atoms with Crippen LogP contribution in [0.5, 0.6) is 17.2 Å². The van der Waals surface area contributed by atoms with Gasteiger partial charge in [-0.2, -0.15) is 0 Å². The second-order valence-electron chi connectivity index (χ2n) is 6.77. The fraction of sp³-hybridized carbons (Fsp3) is 0.227. The molecule has 0 bridgehead atoms. The number of hydrogen-bond donors (Lipinski definition) is 1. The molecule has 2 heterocycles. The number of fused-ring (bicyclic) bond motifs is 2. The van der Waals surface area contributed by atoms with Crippen LogP contribution in [0.25, 0.3) is 22.6 Å². The van der Waals surface area contributed by atoms with Crippen LogP contribution in [0.3, 0.4) is 0 Å². The van der Waals surface area contributed by atoms with Crippen molar-refractivity contribution in [3.63, 3.8) is 0 Å². The van der Waals surface area contributed by atoms with Crippen molar-refractivity contribution >= 4 is 22.6 Å². The van der Waals surface area contributed by atoms with Gasteiger partial charge in [0.05, 0.1) is 36.8 Å². The molecule has 3 aromatic rings. The molecule has 0 unspecified atom stereocenters. The lowest BCUT2D eigenvalue weighted by Gasteiger charge is -2.22. The zero-order valence-electron chi connectivity index (χ0n) is 15.7. The number of nitrogens with zero attached hydrogens (tertiary/aromatic N) is 1. The largest absolute Gasteiger partial charge is 0.507 e. The highest BCUT2D eigenvalue weighted by Gasteiger charge is 2.30. The maximum Gasteiger partial charge on any atom is 0.364 e. The molecule has 1 N–H and O–H groups in total. The van der Waals surface area contributed by atoms with E-state index in [9.17, 15) is 5.11 Å². The second kappa shape index (κ2) is 6.93. The fourth-order valence-corrected chi connectivity index (χ4v) is 3.45. The Morgan fingerprint density at radius 3 is 2.48 bits per heavy atom. The van der Waals surface area contributed by atoms with E-state index in [1.54, 1.807) is 20.3 Å². The molecule has 0 atom stereocenters. The van der Waals surface area contributed by atoms with Crippen molar-refractivity contribution in [1.82, 2.24) is 4.90 Å². The van der Waals surface area contributed by atoms with E-state index >= 15 is 0 Å². The van der Waals surface area contributed by atoms with Gasteiger partial charge in [-0.25, -0.2) is 4.42 Å². The highest BCUT2D eigenvalue weighted by Crippen LogP contribution is 2.35. The minimum Gasteiger partial charge on any atom is -0.507 e. The second-order valence-corrected chi connectivity index (χ2v) is 6.77. The summed E-state index contributed by atoms with van der Waals surface area (Å²) >= 11 is 0. The molecule has 0 saturated heterocycles. The number of rotatable bonds is 3.